The molecule has 2 aromatic rings. The highest BCUT2D eigenvalue weighted by atomic mass is 16.5. The van der Waals surface area contributed by atoms with Gasteiger partial charge in [0.05, 0.1) is 0 Å². The van der Waals surface area contributed by atoms with E-state index >= 15 is 0 Å². The molecule has 0 aromatic heterocycles. The summed E-state index contributed by atoms with van der Waals surface area (Å²) in [5.41, 5.74) is 5.98. The molecule has 0 saturated carbocycles. The third kappa shape index (κ3) is 5.35. The number of nitrogens with two attached hydrogens (primary N) is 1. The molecular formula is C18H18N2O5. The van der Waals surface area contributed by atoms with Crippen LogP contribution in [-0.4, -0.2) is 24.0 Å². The number of ether oxygens (including phenoxy) is 2. The van der Waals surface area contributed by atoms with Crippen LogP contribution in [0.5, 0.6) is 5.75 Å². The molecule has 3 N–H and O–H groups in total. The number of benzene rings is 2. The topological polar surface area (TPSA) is 108 Å². The van der Waals surface area contributed by atoms with Crippen LogP contribution in [0.1, 0.15) is 22.8 Å². The fourth-order valence-corrected chi connectivity index (χ4v) is 2.00. The van der Waals surface area contributed by atoms with Crippen molar-refractivity contribution in [3.8, 4) is 5.75 Å². The molecule has 0 heterocycles. The van der Waals surface area contributed by atoms with Gasteiger partial charge in [-0.3, -0.25) is 10.1 Å². The molecule has 0 spiro atoms. The fourth-order valence-electron chi connectivity index (χ4n) is 2.00. The number of urea groups is 1. The second-order valence-electron chi connectivity index (χ2n) is 5.17. The van der Waals surface area contributed by atoms with Crippen molar-refractivity contribution in [1.82, 2.24) is 5.32 Å². The number of esters is 1. The molecule has 0 aliphatic heterocycles. The molecule has 7 nitrogen and oxygen atoms in total. The zero-order valence-corrected chi connectivity index (χ0v) is 13.6. The van der Waals surface area contributed by atoms with E-state index in [9.17, 15) is 14.4 Å². The Morgan fingerprint density at radius 1 is 1.04 bits per heavy atom. The maximum absolute atomic E-state index is 12.3. The van der Waals surface area contributed by atoms with Crippen LogP contribution < -0.4 is 15.8 Å². The average molecular weight is 342 g/mol. The van der Waals surface area contributed by atoms with Crippen LogP contribution in [0.2, 0.25) is 0 Å². The predicted molar refractivity (Wildman–Crippen MR) is 89.8 cm³/mol. The van der Waals surface area contributed by atoms with E-state index in [1.807, 2.05) is 35.6 Å². The zero-order chi connectivity index (χ0) is 18.2. The fraction of sp³-hybridized carbons (Fsp3) is 0.167. The lowest BCUT2D eigenvalue weighted by molar-refractivity contribution is -0.127. The van der Waals surface area contributed by atoms with Crippen molar-refractivity contribution in [3.05, 3.63) is 65.7 Å². The van der Waals surface area contributed by atoms with Crippen LogP contribution in [0, 0.1) is 0 Å². The molecule has 7 heteroatoms. The van der Waals surface area contributed by atoms with Crippen molar-refractivity contribution in [2.45, 2.75) is 19.6 Å². The van der Waals surface area contributed by atoms with Gasteiger partial charge in [0, 0.05) is 0 Å². The molecule has 0 aliphatic carbocycles. The van der Waals surface area contributed by atoms with Crippen LogP contribution in [0.3, 0.4) is 0 Å². The number of carbonyl (C=O) groups excluding carboxylic acids is 3. The molecule has 0 fully saturated rings. The SMILES string of the molecule is CC(OC(=O)c1ccccc1OCc1ccccc1)C(=O)NC(N)=O. The first kappa shape index (κ1) is 18.0. The first-order valence-electron chi connectivity index (χ1n) is 7.54. The lowest BCUT2D eigenvalue weighted by atomic mass is 10.2. The Morgan fingerprint density at radius 3 is 2.36 bits per heavy atom. The molecule has 2 rings (SSSR count). The molecule has 0 radical (unpaired) electrons. The van der Waals surface area contributed by atoms with Gasteiger partial charge >= 0.3 is 12.0 Å². The minimum Gasteiger partial charge on any atom is -0.488 e. The predicted octanol–water partition coefficient (Wildman–Crippen LogP) is 2.01. The lowest BCUT2D eigenvalue weighted by Crippen LogP contribution is -2.42. The second kappa shape index (κ2) is 8.49. The first-order chi connectivity index (χ1) is 12.0. The normalized spacial score (nSPS) is 11.2. The van der Waals surface area contributed by atoms with Gasteiger partial charge in [0.2, 0.25) is 0 Å². The number of para-hydroxylation sites is 1. The maximum atomic E-state index is 12.3. The zero-order valence-electron chi connectivity index (χ0n) is 13.6. The summed E-state index contributed by atoms with van der Waals surface area (Å²) in [4.78, 5) is 34.5. The summed E-state index contributed by atoms with van der Waals surface area (Å²) < 4.78 is 10.7. The maximum Gasteiger partial charge on any atom is 0.342 e. The van der Waals surface area contributed by atoms with Crippen molar-refractivity contribution >= 4 is 17.9 Å². The van der Waals surface area contributed by atoms with Gasteiger partial charge in [-0.25, -0.2) is 9.59 Å². The van der Waals surface area contributed by atoms with Crippen LogP contribution in [0.4, 0.5) is 4.79 Å². The lowest BCUT2D eigenvalue weighted by Gasteiger charge is -2.14. The number of nitrogens with one attached hydrogen (secondary N) is 1. The first-order valence-corrected chi connectivity index (χ1v) is 7.54. The third-order valence-corrected chi connectivity index (χ3v) is 3.24. The highest BCUT2D eigenvalue weighted by Crippen LogP contribution is 2.21. The van der Waals surface area contributed by atoms with Gasteiger partial charge < -0.3 is 15.2 Å². The molecule has 3 amide bonds. The number of carbonyl (C=O) groups is 3. The van der Waals surface area contributed by atoms with E-state index in [1.165, 1.54) is 13.0 Å². The highest BCUT2D eigenvalue weighted by Gasteiger charge is 2.22. The Kier molecular flexibility index (Phi) is 6.11. The monoisotopic (exact) mass is 342 g/mol. The summed E-state index contributed by atoms with van der Waals surface area (Å²) in [7, 11) is 0. The van der Waals surface area contributed by atoms with Gasteiger partial charge in [-0.15, -0.1) is 0 Å². The van der Waals surface area contributed by atoms with Gasteiger partial charge in [-0.05, 0) is 24.6 Å². The molecular weight excluding hydrogens is 324 g/mol. The number of amides is 3. The Balaban J connectivity index is 2.04. The quantitative estimate of drug-likeness (QED) is 0.781. The van der Waals surface area contributed by atoms with E-state index < -0.39 is 24.0 Å². The molecule has 1 unspecified atom stereocenters. The largest absolute Gasteiger partial charge is 0.488 e. The van der Waals surface area contributed by atoms with Gasteiger partial charge in [0.15, 0.2) is 6.10 Å². The summed E-state index contributed by atoms with van der Waals surface area (Å²) >= 11 is 0. The number of primary amides is 1. The highest BCUT2D eigenvalue weighted by molar-refractivity contribution is 5.98. The van der Waals surface area contributed by atoms with Crippen molar-refractivity contribution in [3.63, 3.8) is 0 Å². The number of rotatable bonds is 6. The van der Waals surface area contributed by atoms with Crippen LogP contribution >= 0.6 is 0 Å². The van der Waals surface area contributed by atoms with Gasteiger partial charge in [-0.2, -0.15) is 0 Å². The molecule has 0 saturated heterocycles. The van der Waals surface area contributed by atoms with Crippen molar-refractivity contribution in [2.75, 3.05) is 0 Å². The van der Waals surface area contributed by atoms with Crippen LogP contribution in [-0.2, 0) is 16.1 Å². The average Bonchev–Trinajstić information content (AvgIpc) is 2.60. The van der Waals surface area contributed by atoms with Crippen molar-refractivity contribution < 1.29 is 23.9 Å². The minimum atomic E-state index is -1.18. The Bertz CT molecular complexity index is 761. The Morgan fingerprint density at radius 2 is 1.68 bits per heavy atom. The van der Waals surface area contributed by atoms with Crippen molar-refractivity contribution in [1.29, 1.82) is 0 Å². The van der Waals surface area contributed by atoms with E-state index in [0.717, 1.165) is 5.56 Å². The molecule has 25 heavy (non-hydrogen) atoms. The number of hydrogen-bond acceptors (Lipinski definition) is 5. The van der Waals surface area contributed by atoms with Gasteiger partial charge in [0.1, 0.15) is 17.9 Å². The summed E-state index contributed by atoms with van der Waals surface area (Å²) in [6.45, 7) is 1.62. The molecule has 2 aromatic carbocycles. The summed E-state index contributed by atoms with van der Waals surface area (Å²) in [6, 6.07) is 15.0. The standard InChI is InChI=1S/C18H18N2O5/c1-12(16(21)20-18(19)23)25-17(22)14-9-5-6-10-15(14)24-11-13-7-3-2-4-8-13/h2-10,12H,11H2,1H3,(H3,19,20,21,23). The molecule has 130 valence electrons. The Labute approximate surface area is 144 Å². The Hall–Kier alpha value is -3.35. The second-order valence-corrected chi connectivity index (χ2v) is 5.17. The van der Waals surface area contributed by atoms with E-state index in [-0.39, 0.29) is 12.2 Å². The molecule has 0 aliphatic rings. The van der Waals surface area contributed by atoms with Crippen LogP contribution in [0.15, 0.2) is 54.6 Å². The van der Waals surface area contributed by atoms with E-state index in [2.05, 4.69) is 0 Å². The van der Waals surface area contributed by atoms with Crippen molar-refractivity contribution in [2.24, 2.45) is 5.73 Å². The smallest absolute Gasteiger partial charge is 0.342 e. The third-order valence-electron chi connectivity index (χ3n) is 3.24. The van der Waals surface area contributed by atoms with E-state index in [1.54, 1.807) is 18.2 Å². The summed E-state index contributed by atoms with van der Waals surface area (Å²) in [5.74, 6) is -1.21. The van der Waals surface area contributed by atoms with E-state index in [4.69, 9.17) is 15.2 Å². The summed E-state index contributed by atoms with van der Waals surface area (Å²) in [6.07, 6.45) is -1.18. The molecule has 1 atom stereocenters. The van der Waals surface area contributed by atoms with Gasteiger partial charge in [0.25, 0.3) is 5.91 Å². The molecule has 0 bridgehead atoms. The van der Waals surface area contributed by atoms with Gasteiger partial charge in [-0.1, -0.05) is 42.5 Å². The number of imide groups is 1. The summed E-state index contributed by atoms with van der Waals surface area (Å²) in [5, 5.41) is 1.85. The van der Waals surface area contributed by atoms with E-state index in [0.29, 0.717) is 5.75 Å². The number of hydrogen-bond donors (Lipinski definition) is 2. The minimum absolute atomic E-state index is 0.178. The van der Waals surface area contributed by atoms with Crippen LogP contribution in [0.25, 0.3) is 0 Å².